The Hall–Kier alpha value is -1.50. The van der Waals surface area contributed by atoms with E-state index in [1.54, 1.807) is 26.0 Å². The lowest BCUT2D eigenvalue weighted by atomic mass is 10.1. The van der Waals surface area contributed by atoms with Crippen molar-refractivity contribution in [2.75, 3.05) is 11.4 Å². The molecule has 0 radical (unpaired) electrons. The second kappa shape index (κ2) is 5.05. The van der Waals surface area contributed by atoms with Crippen LogP contribution < -0.4 is 4.90 Å². The van der Waals surface area contributed by atoms with Gasteiger partial charge in [-0.3, -0.25) is 9.59 Å². The molecule has 1 aromatic rings. The zero-order valence-corrected chi connectivity index (χ0v) is 12.6. The molecule has 0 fully saturated rings. The Kier molecular flexibility index (Phi) is 3.82. The summed E-state index contributed by atoms with van der Waals surface area (Å²) in [6, 6.07) is 4.50. The number of amides is 1. The molecule has 0 saturated heterocycles. The van der Waals surface area contributed by atoms with Gasteiger partial charge in [-0.25, -0.2) is 0 Å². The lowest BCUT2D eigenvalue weighted by Crippen LogP contribution is -2.49. The van der Waals surface area contributed by atoms with Gasteiger partial charge in [-0.05, 0) is 32.9 Å². The number of alkyl halides is 3. The molecule has 0 atom stereocenters. The first kappa shape index (κ1) is 15.9. The van der Waals surface area contributed by atoms with Crippen LogP contribution in [0, 0.1) is 0 Å². The summed E-state index contributed by atoms with van der Waals surface area (Å²) in [6.45, 7) is 4.81. The lowest BCUT2D eigenvalue weighted by Gasteiger charge is -2.39. The number of carbonyl (C=O) groups excluding carboxylic acids is 2. The molecule has 1 aliphatic rings. The second-order valence-electron chi connectivity index (χ2n) is 5.49. The fourth-order valence-corrected chi connectivity index (χ4v) is 3.36. The zero-order valence-electron chi connectivity index (χ0n) is 11.7. The molecular weight excluding hydrogens is 303 g/mol. The molecule has 1 aliphatic heterocycles. The van der Waals surface area contributed by atoms with Gasteiger partial charge in [-0.2, -0.15) is 13.2 Å². The molecule has 2 rings (SSSR count). The number of hydrogen-bond acceptors (Lipinski definition) is 3. The van der Waals surface area contributed by atoms with Crippen molar-refractivity contribution in [3.8, 4) is 0 Å². The van der Waals surface area contributed by atoms with Crippen molar-refractivity contribution in [1.82, 2.24) is 0 Å². The number of benzene rings is 1. The van der Waals surface area contributed by atoms with Crippen LogP contribution in [0.4, 0.5) is 18.9 Å². The van der Waals surface area contributed by atoms with Gasteiger partial charge in [0.05, 0.1) is 5.69 Å². The largest absolute Gasteiger partial charge is 0.471 e. The van der Waals surface area contributed by atoms with E-state index < -0.39 is 16.8 Å². The predicted octanol–water partition coefficient (Wildman–Crippen LogP) is 3.67. The number of thioether (sulfide) groups is 1. The minimum atomic E-state index is -4.94. The number of carbonyl (C=O) groups is 2. The molecule has 3 nitrogen and oxygen atoms in total. The van der Waals surface area contributed by atoms with Crippen molar-refractivity contribution in [1.29, 1.82) is 0 Å². The fraction of sp³-hybridized carbons (Fsp3) is 0.429. The Bertz CT molecular complexity index is 611. The van der Waals surface area contributed by atoms with Gasteiger partial charge in [0.2, 0.25) is 0 Å². The van der Waals surface area contributed by atoms with Crippen molar-refractivity contribution in [2.24, 2.45) is 0 Å². The minimum Gasteiger partial charge on any atom is -0.302 e. The third-order valence-corrected chi connectivity index (χ3v) is 4.32. The maximum Gasteiger partial charge on any atom is 0.471 e. The topological polar surface area (TPSA) is 37.4 Å². The lowest BCUT2D eigenvalue weighted by molar-refractivity contribution is -0.170. The minimum absolute atomic E-state index is 0.0651. The molecule has 1 amide bonds. The number of nitrogens with zero attached hydrogens (tertiary/aromatic N) is 1. The van der Waals surface area contributed by atoms with Crippen LogP contribution >= 0.6 is 11.8 Å². The zero-order chi connectivity index (χ0) is 16.0. The number of halogens is 3. The molecule has 21 heavy (non-hydrogen) atoms. The summed E-state index contributed by atoms with van der Waals surface area (Å²) in [6.07, 6.45) is -4.94. The molecule has 7 heteroatoms. The number of rotatable bonds is 1. The van der Waals surface area contributed by atoms with Crippen molar-refractivity contribution in [2.45, 2.75) is 36.6 Å². The van der Waals surface area contributed by atoms with Crippen LogP contribution in [-0.4, -0.2) is 29.2 Å². The van der Waals surface area contributed by atoms with Gasteiger partial charge in [0.1, 0.15) is 0 Å². The summed E-state index contributed by atoms with van der Waals surface area (Å²) in [5, 5.41) is 0. The number of anilines is 1. The third kappa shape index (κ3) is 3.23. The predicted molar refractivity (Wildman–Crippen MR) is 74.8 cm³/mol. The van der Waals surface area contributed by atoms with E-state index in [0.717, 1.165) is 4.90 Å². The Morgan fingerprint density at radius 1 is 1.29 bits per heavy atom. The first-order valence-corrected chi connectivity index (χ1v) is 7.05. The maximum absolute atomic E-state index is 12.8. The Morgan fingerprint density at radius 2 is 1.90 bits per heavy atom. The van der Waals surface area contributed by atoms with Crippen LogP contribution in [-0.2, 0) is 4.79 Å². The quantitative estimate of drug-likeness (QED) is 0.742. The molecule has 1 heterocycles. The number of ketones is 1. The van der Waals surface area contributed by atoms with Gasteiger partial charge < -0.3 is 4.90 Å². The van der Waals surface area contributed by atoms with E-state index in [1.165, 1.54) is 24.8 Å². The van der Waals surface area contributed by atoms with Crippen molar-refractivity contribution in [3.05, 3.63) is 23.8 Å². The third-order valence-electron chi connectivity index (χ3n) is 3.07. The van der Waals surface area contributed by atoms with E-state index in [4.69, 9.17) is 0 Å². The summed E-state index contributed by atoms with van der Waals surface area (Å²) in [5.74, 6) is -2.16. The van der Waals surface area contributed by atoms with Crippen LogP contribution in [0.1, 0.15) is 31.1 Å². The monoisotopic (exact) mass is 317 g/mol. The van der Waals surface area contributed by atoms with E-state index in [1.807, 2.05) is 0 Å². The van der Waals surface area contributed by atoms with Crippen LogP contribution in [0.5, 0.6) is 0 Å². The molecule has 0 N–H and O–H groups in total. The number of fused-ring (bicyclic) bond motifs is 1. The van der Waals surface area contributed by atoms with Crippen LogP contribution in [0.3, 0.4) is 0 Å². The molecule has 0 saturated carbocycles. The molecule has 1 aromatic carbocycles. The van der Waals surface area contributed by atoms with E-state index in [-0.39, 0.29) is 23.6 Å². The van der Waals surface area contributed by atoms with Gasteiger partial charge in [0.15, 0.2) is 5.78 Å². The average Bonchev–Trinajstić information content (AvgIpc) is 2.34. The van der Waals surface area contributed by atoms with Gasteiger partial charge >= 0.3 is 12.1 Å². The van der Waals surface area contributed by atoms with Gasteiger partial charge in [0.25, 0.3) is 0 Å². The Labute approximate surface area is 124 Å². The molecule has 0 spiro atoms. The van der Waals surface area contributed by atoms with Crippen LogP contribution in [0.15, 0.2) is 23.1 Å². The SMILES string of the molecule is CC(=O)c1ccc2c(c1)N(C(=O)C(F)(F)F)CC(C)(C)S2. The summed E-state index contributed by atoms with van der Waals surface area (Å²) in [4.78, 5) is 24.3. The van der Waals surface area contributed by atoms with E-state index in [2.05, 4.69) is 0 Å². The van der Waals surface area contributed by atoms with Crippen molar-refractivity contribution in [3.63, 3.8) is 0 Å². The molecular formula is C14H14F3NO2S. The standard InChI is InChI=1S/C14H14F3NO2S/c1-8(19)9-4-5-11-10(6-9)18(7-13(2,3)21-11)12(20)14(15,16)17/h4-6H,7H2,1-3H3. The van der Waals surface area contributed by atoms with Gasteiger partial charge in [-0.15, -0.1) is 11.8 Å². The molecule has 114 valence electrons. The van der Waals surface area contributed by atoms with Crippen molar-refractivity contribution >= 4 is 29.1 Å². The highest BCUT2D eigenvalue weighted by Crippen LogP contribution is 2.45. The summed E-state index contributed by atoms with van der Waals surface area (Å²) in [5.41, 5.74) is 0.434. The molecule has 0 aliphatic carbocycles. The highest BCUT2D eigenvalue weighted by Gasteiger charge is 2.46. The molecule has 0 unspecified atom stereocenters. The second-order valence-corrected chi connectivity index (χ2v) is 7.24. The number of Topliss-reactive ketones (excluding diaryl/α,β-unsaturated/α-hetero) is 1. The van der Waals surface area contributed by atoms with Gasteiger partial charge in [-0.1, -0.05) is 6.07 Å². The first-order chi connectivity index (χ1) is 9.51. The average molecular weight is 317 g/mol. The fourth-order valence-electron chi connectivity index (χ4n) is 2.16. The maximum atomic E-state index is 12.8. The Morgan fingerprint density at radius 3 is 2.43 bits per heavy atom. The Balaban J connectivity index is 2.55. The summed E-state index contributed by atoms with van der Waals surface area (Å²) in [7, 11) is 0. The van der Waals surface area contributed by atoms with E-state index in [9.17, 15) is 22.8 Å². The summed E-state index contributed by atoms with van der Waals surface area (Å²) < 4.78 is 37.8. The van der Waals surface area contributed by atoms with Crippen molar-refractivity contribution < 1.29 is 22.8 Å². The van der Waals surface area contributed by atoms with Gasteiger partial charge in [0, 0.05) is 21.8 Å². The van der Waals surface area contributed by atoms with E-state index in [0.29, 0.717) is 4.90 Å². The van der Waals surface area contributed by atoms with Crippen LogP contribution in [0.2, 0.25) is 0 Å². The molecule has 0 aromatic heterocycles. The number of hydrogen-bond donors (Lipinski definition) is 0. The summed E-state index contributed by atoms with van der Waals surface area (Å²) >= 11 is 1.39. The normalized spacial score (nSPS) is 17.3. The molecule has 0 bridgehead atoms. The highest BCUT2D eigenvalue weighted by atomic mass is 32.2. The van der Waals surface area contributed by atoms with Crippen LogP contribution in [0.25, 0.3) is 0 Å². The first-order valence-electron chi connectivity index (χ1n) is 6.24. The van der Waals surface area contributed by atoms with E-state index >= 15 is 0 Å². The highest BCUT2D eigenvalue weighted by molar-refractivity contribution is 8.00. The smallest absolute Gasteiger partial charge is 0.302 e.